The van der Waals surface area contributed by atoms with Gasteiger partial charge in [0.2, 0.25) is 0 Å². The van der Waals surface area contributed by atoms with Crippen molar-refractivity contribution in [2.24, 2.45) is 0 Å². The van der Waals surface area contributed by atoms with Crippen molar-refractivity contribution < 1.29 is 8.83 Å². The van der Waals surface area contributed by atoms with Gasteiger partial charge in [-0.1, -0.05) is 18.2 Å². The zero-order valence-electron chi connectivity index (χ0n) is 12.3. The molecule has 1 N–H and O–H groups in total. The molecule has 0 bridgehead atoms. The molecular formula is C17H19NO2S. The molecule has 2 aromatic heterocycles. The number of nitrogens with one attached hydrogen (secondary N) is 1. The van der Waals surface area contributed by atoms with Crippen LogP contribution in [0.4, 0.5) is 0 Å². The number of benzene rings is 1. The van der Waals surface area contributed by atoms with Crippen LogP contribution in [-0.2, 0) is 12.3 Å². The Labute approximate surface area is 128 Å². The maximum atomic E-state index is 5.87. The Morgan fingerprint density at radius 2 is 1.90 bits per heavy atom. The Morgan fingerprint density at radius 1 is 1.10 bits per heavy atom. The second-order valence-corrected chi connectivity index (χ2v) is 5.96. The van der Waals surface area contributed by atoms with Gasteiger partial charge >= 0.3 is 0 Å². The summed E-state index contributed by atoms with van der Waals surface area (Å²) in [4.78, 5) is 0. The van der Waals surface area contributed by atoms with Crippen molar-refractivity contribution in [3.63, 3.8) is 0 Å². The average molecular weight is 301 g/mol. The van der Waals surface area contributed by atoms with E-state index in [9.17, 15) is 0 Å². The molecular weight excluding hydrogens is 282 g/mol. The Kier molecular flexibility index (Phi) is 4.36. The molecule has 3 aromatic rings. The Bertz CT molecular complexity index is 683. The van der Waals surface area contributed by atoms with Crippen LogP contribution in [0.25, 0.3) is 11.0 Å². The van der Waals surface area contributed by atoms with E-state index in [4.69, 9.17) is 8.83 Å². The quantitative estimate of drug-likeness (QED) is 0.713. The zero-order valence-corrected chi connectivity index (χ0v) is 13.1. The lowest BCUT2D eigenvalue weighted by atomic mass is 10.2. The summed E-state index contributed by atoms with van der Waals surface area (Å²) in [5.74, 6) is 3.85. The maximum Gasteiger partial charge on any atom is 0.134 e. The van der Waals surface area contributed by atoms with Gasteiger partial charge in [0.05, 0.1) is 18.3 Å². The molecule has 0 aliphatic carbocycles. The number of hydrogen-bond donors (Lipinski definition) is 1. The van der Waals surface area contributed by atoms with Crippen molar-refractivity contribution in [3.8, 4) is 0 Å². The average Bonchev–Trinajstić information content (AvgIpc) is 3.11. The number of rotatable bonds is 6. The van der Waals surface area contributed by atoms with E-state index in [0.29, 0.717) is 6.54 Å². The largest absolute Gasteiger partial charge is 0.464 e. The third-order valence-corrected chi connectivity index (χ3v) is 4.03. The van der Waals surface area contributed by atoms with Gasteiger partial charge < -0.3 is 14.2 Å². The van der Waals surface area contributed by atoms with E-state index >= 15 is 0 Å². The van der Waals surface area contributed by atoms with Crippen LogP contribution in [-0.4, -0.2) is 6.26 Å². The molecule has 2 heterocycles. The molecule has 0 radical (unpaired) electrons. The normalized spacial score (nSPS) is 12.9. The summed E-state index contributed by atoms with van der Waals surface area (Å²) in [5, 5.41) is 4.58. The minimum atomic E-state index is 0.145. The third-order valence-electron chi connectivity index (χ3n) is 3.46. The molecule has 110 valence electrons. The molecule has 1 aromatic carbocycles. The van der Waals surface area contributed by atoms with E-state index < -0.39 is 0 Å². The molecule has 0 fully saturated rings. The lowest BCUT2D eigenvalue weighted by Gasteiger charge is -2.09. The fourth-order valence-corrected chi connectivity index (χ4v) is 2.75. The van der Waals surface area contributed by atoms with Gasteiger partial charge in [-0.3, -0.25) is 0 Å². The number of furan rings is 2. The molecule has 1 unspecified atom stereocenters. The van der Waals surface area contributed by atoms with E-state index in [0.717, 1.165) is 34.0 Å². The van der Waals surface area contributed by atoms with Crippen molar-refractivity contribution in [2.45, 2.75) is 25.3 Å². The Morgan fingerprint density at radius 3 is 2.71 bits per heavy atom. The fourth-order valence-electron chi connectivity index (χ4n) is 2.31. The summed E-state index contributed by atoms with van der Waals surface area (Å²) in [6, 6.07) is 14.4. The number of thioether (sulfide) groups is 1. The summed E-state index contributed by atoms with van der Waals surface area (Å²) >= 11 is 1.76. The number of para-hydroxylation sites is 1. The molecule has 0 aliphatic heterocycles. The smallest absolute Gasteiger partial charge is 0.134 e. The molecule has 0 saturated heterocycles. The first-order valence-electron chi connectivity index (χ1n) is 7.04. The van der Waals surface area contributed by atoms with Gasteiger partial charge in [-0.15, -0.1) is 0 Å². The van der Waals surface area contributed by atoms with E-state index in [2.05, 4.69) is 30.6 Å². The molecule has 3 nitrogen and oxygen atoms in total. The highest BCUT2D eigenvalue weighted by molar-refractivity contribution is 7.97. The first-order valence-corrected chi connectivity index (χ1v) is 8.44. The number of hydrogen-bond acceptors (Lipinski definition) is 4. The van der Waals surface area contributed by atoms with Crippen LogP contribution in [0.15, 0.2) is 51.3 Å². The minimum absolute atomic E-state index is 0.145. The van der Waals surface area contributed by atoms with Gasteiger partial charge in [-0.05, 0) is 37.4 Å². The van der Waals surface area contributed by atoms with Gasteiger partial charge in [-0.2, -0.15) is 11.8 Å². The summed E-state index contributed by atoms with van der Waals surface area (Å²) in [7, 11) is 0. The van der Waals surface area contributed by atoms with E-state index in [-0.39, 0.29) is 6.04 Å². The third kappa shape index (κ3) is 3.34. The van der Waals surface area contributed by atoms with Gasteiger partial charge in [0.25, 0.3) is 0 Å². The van der Waals surface area contributed by atoms with Crippen LogP contribution in [0, 0.1) is 0 Å². The first-order chi connectivity index (χ1) is 10.3. The van der Waals surface area contributed by atoms with Gasteiger partial charge in [0, 0.05) is 5.39 Å². The fraction of sp³-hybridized carbons (Fsp3) is 0.294. The molecule has 0 spiro atoms. The molecule has 0 amide bonds. The van der Waals surface area contributed by atoms with Crippen molar-refractivity contribution in [3.05, 3.63) is 59.7 Å². The Hall–Kier alpha value is -1.65. The monoisotopic (exact) mass is 301 g/mol. The minimum Gasteiger partial charge on any atom is -0.464 e. The van der Waals surface area contributed by atoms with E-state index in [1.165, 1.54) is 0 Å². The Balaban J connectivity index is 1.63. The second-order valence-electron chi connectivity index (χ2n) is 5.09. The van der Waals surface area contributed by atoms with Crippen LogP contribution in [0.5, 0.6) is 0 Å². The standard InChI is InChI=1S/C17H19NO2S/c1-12(17-9-13-5-3-4-6-16(13)20-17)18-10-14-7-8-15(19-14)11-21-2/h3-9,12,18H,10-11H2,1-2H3. The van der Waals surface area contributed by atoms with Crippen LogP contribution in [0.1, 0.15) is 30.2 Å². The predicted molar refractivity (Wildman–Crippen MR) is 87.4 cm³/mol. The molecule has 3 rings (SSSR count). The van der Waals surface area contributed by atoms with E-state index in [1.807, 2.05) is 30.3 Å². The van der Waals surface area contributed by atoms with Gasteiger partial charge in [0.15, 0.2) is 0 Å². The first kappa shape index (κ1) is 14.3. The summed E-state index contributed by atoms with van der Waals surface area (Å²) in [5.41, 5.74) is 0.932. The van der Waals surface area contributed by atoms with Crippen molar-refractivity contribution in [1.29, 1.82) is 0 Å². The highest BCUT2D eigenvalue weighted by Gasteiger charge is 2.11. The SMILES string of the molecule is CSCc1ccc(CNC(C)c2cc3ccccc3o2)o1. The van der Waals surface area contributed by atoms with Gasteiger partial charge in [-0.25, -0.2) is 0 Å². The predicted octanol–water partition coefficient (Wildman–Crippen LogP) is 4.74. The summed E-state index contributed by atoms with van der Waals surface area (Å²) in [6.07, 6.45) is 2.07. The molecule has 0 saturated carbocycles. The molecule has 4 heteroatoms. The van der Waals surface area contributed by atoms with Crippen molar-refractivity contribution >= 4 is 22.7 Å². The summed E-state index contributed by atoms with van der Waals surface area (Å²) < 4.78 is 11.6. The molecule has 0 aliphatic rings. The van der Waals surface area contributed by atoms with Crippen LogP contribution in [0.2, 0.25) is 0 Å². The topological polar surface area (TPSA) is 38.3 Å². The number of fused-ring (bicyclic) bond motifs is 1. The highest BCUT2D eigenvalue weighted by Crippen LogP contribution is 2.24. The van der Waals surface area contributed by atoms with E-state index in [1.54, 1.807) is 11.8 Å². The van der Waals surface area contributed by atoms with Crippen LogP contribution < -0.4 is 5.32 Å². The maximum absolute atomic E-state index is 5.87. The molecule has 1 atom stereocenters. The lowest BCUT2D eigenvalue weighted by molar-refractivity contribution is 0.411. The van der Waals surface area contributed by atoms with Crippen molar-refractivity contribution in [2.75, 3.05) is 6.26 Å². The van der Waals surface area contributed by atoms with Crippen molar-refractivity contribution in [1.82, 2.24) is 5.32 Å². The summed E-state index contributed by atoms with van der Waals surface area (Å²) in [6.45, 7) is 2.80. The lowest BCUT2D eigenvalue weighted by Crippen LogP contribution is -2.17. The highest BCUT2D eigenvalue weighted by atomic mass is 32.2. The zero-order chi connectivity index (χ0) is 14.7. The molecule has 21 heavy (non-hydrogen) atoms. The van der Waals surface area contributed by atoms with Crippen LogP contribution >= 0.6 is 11.8 Å². The second kappa shape index (κ2) is 6.41. The van der Waals surface area contributed by atoms with Gasteiger partial charge in [0.1, 0.15) is 22.9 Å². The van der Waals surface area contributed by atoms with Crippen LogP contribution in [0.3, 0.4) is 0 Å².